The molecule has 0 bridgehead atoms. The van der Waals surface area contributed by atoms with E-state index in [1.807, 2.05) is 53.0 Å². The summed E-state index contributed by atoms with van der Waals surface area (Å²) in [5.41, 5.74) is 1.97. The maximum atomic E-state index is 12.7. The second kappa shape index (κ2) is 46.2. The van der Waals surface area contributed by atoms with Gasteiger partial charge in [0.2, 0.25) is 0 Å². The number of thiol groups is 1. The van der Waals surface area contributed by atoms with E-state index in [4.69, 9.17) is 0 Å². The van der Waals surface area contributed by atoms with Gasteiger partial charge in [-0.1, -0.05) is 331 Å². The number of benzene rings is 1. The molecule has 2 N–H and O–H groups in total. The molecule has 0 aliphatic carbocycles. The van der Waals surface area contributed by atoms with Gasteiger partial charge in [0.05, 0.1) is 16.5 Å². The molecule has 4 nitrogen and oxygen atoms in total. The molecular weight excluding hydrogens is 1110 g/mol. The van der Waals surface area contributed by atoms with Gasteiger partial charge in [0.1, 0.15) is 0 Å². The van der Waals surface area contributed by atoms with E-state index < -0.39 is 0 Å². The van der Waals surface area contributed by atoms with Gasteiger partial charge in [-0.2, -0.15) is 0 Å². The zero-order valence-electron chi connectivity index (χ0n) is 55.9. The largest absolute Gasteiger partial charge is 0.494 e. The predicted molar refractivity (Wildman–Crippen MR) is 387 cm³/mol. The van der Waals surface area contributed by atoms with Crippen LogP contribution in [0.1, 0.15) is 336 Å². The van der Waals surface area contributed by atoms with Crippen LogP contribution in [0.5, 0.6) is 5.88 Å². The van der Waals surface area contributed by atoms with Crippen molar-refractivity contribution in [3.63, 3.8) is 0 Å². The Kier molecular flexibility index (Phi) is 40.5. The zero-order chi connectivity index (χ0) is 61.3. The van der Waals surface area contributed by atoms with Crippen molar-refractivity contribution in [1.29, 1.82) is 0 Å². The minimum Gasteiger partial charge on any atom is -0.494 e. The Morgan fingerprint density at radius 1 is 0.518 bits per heavy atom. The molecule has 0 saturated carbocycles. The quantitative estimate of drug-likeness (QED) is 0.0207. The molecule has 1 amide bonds. The summed E-state index contributed by atoms with van der Waals surface area (Å²) in [5.74, 6) is 2.30. The Morgan fingerprint density at radius 3 is 1.34 bits per heavy atom. The Hall–Kier alpha value is -2.91. The van der Waals surface area contributed by atoms with Crippen LogP contribution in [0.4, 0.5) is 0 Å². The molecule has 5 aromatic rings. The van der Waals surface area contributed by atoms with Crippen LogP contribution in [-0.4, -0.2) is 16.0 Å². The topological polar surface area (TPSA) is 65.4 Å². The third kappa shape index (κ3) is 29.5. The molecule has 8 heteroatoms. The number of aromatic hydroxyl groups is 1. The van der Waals surface area contributed by atoms with Gasteiger partial charge in [0, 0.05) is 49.9 Å². The molecule has 0 fully saturated rings. The number of unbranched alkanes of at least 4 members (excludes halogenated alkanes) is 32. The molecule has 0 saturated heterocycles. The van der Waals surface area contributed by atoms with E-state index in [0.29, 0.717) is 21.8 Å². The average Bonchev–Trinajstić information content (AvgIpc) is 3.13. The maximum Gasteiger partial charge on any atom is 0.279 e. The molecule has 1 aliphatic rings. The Labute approximate surface area is 539 Å². The lowest BCUT2D eigenvalue weighted by Crippen LogP contribution is -2.23. The Morgan fingerprint density at radius 2 is 0.929 bits per heavy atom. The molecule has 0 spiro atoms. The minimum atomic E-state index is -0.295. The molecule has 4 aromatic heterocycles. The fraction of sp³-hybridized carbons (Fsp3) is 0.688. The number of fused-ring (bicyclic) bond motifs is 3. The normalized spacial score (nSPS) is 13.3. The number of rotatable bonds is 46. The van der Waals surface area contributed by atoms with E-state index in [-0.39, 0.29) is 11.8 Å². The van der Waals surface area contributed by atoms with Crippen LogP contribution in [-0.2, 0) is 4.79 Å². The minimum absolute atomic E-state index is 0.112. The van der Waals surface area contributed by atoms with Crippen LogP contribution in [0.3, 0.4) is 0 Å². The lowest BCUT2D eigenvalue weighted by atomic mass is 9.95. The number of nitrogens with zero attached hydrogens (tertiary/aromatic N) is 1. The average molecular weight is 1240 g/mol. The molecular formula is C77H124N2O2S4. The molecule has 1 aliphatic heterocycles. The highest BCUT2D eigenvalue weighted by Crippen LogP contribution is 2.46. The highest BCUT2D eigenvalue weighted by molar-refractivity contribution is 7.85. The van der Waals surface area contributed by atoms with Crippen molar-refractivity contribution in [1.82, 2.24) is 4.98 Å². The van der Waals surface area contributed by atoms with Gasteiger partial charge in [0.25, 0.3) is 5.91 Å². The number of amides is 1. The van der Waals surface area contributed by atoms with Crippen molar-refractivity contribution >= 4 is 78.4 Å². The number of hydrogen-bond donors (Lipinski definition) is 3. The van der Waals surface area contributed by atoms with Gasteiger partial charge in [-0.3, -0.25) is 4.79 Å². The first-order valence-corrected chi connectivity index (χ1v) is 38.6. The van der Waals surface area contributed by atoms with E-state index in [1.165, 1.54) is 281 Å². The highest BCUT2D eigenvalue weighted by atomic mass is 32.1. The van der Waals surface area contributed by atoms with E-state index in [0.717, 1.165) is 44.8 Å². The van der Waals surface area contributed by atoms with Gasteiger partial charge in [-0.25, -0.2) is 4.99 Å². The second-order valence-corrected chi connectivity index (χ2v) is 29.7. The number of H-pyrrole nitrogens is 1. The molecule has 5 heterocycles. The van der Waals surface area contributed by atoms with E-state index >= 15 is 0 Å². The molecule has 85 heavy (non-hydrogen) atoms. The van der Waals surface area contributed by atoms with Crippen molar-refractivity contribution in [3.05, 3.63) is 75.0 Å². The SMILES string of the molecule is CC/C=C/C=C(\S)C1=c2cc3[nH]c(O)c(-c4ccc(-c5cc6sc(C(C)C)cc6s5)s4)c3cc2=NC1=O.CCCCCCCCCCCCC(C)CCCCCCCCCC.CCCCCCCCCCCCC(C)CCCCCCCCCC. The number of aromatic amines is 1. The summed E-state index contributed by atoms with van der Waals surface area (Å²) in [6.45, 7) is 20.7. The monoisotopic (exact) mass is 1240 g/mol. The summed E-state index contributed by atoms with van der Waals surface area (Å²) in [4.78, 5) is 25.5. The predicted octanol–water partition coefficient (Wildman–Crippen LogP) is 26.7. The van der Waals surface area contributed by atoms with E-state index in [9.17, 15) is 9.90 Å². The number of thiophene rings is 3. The molecule has 6 rings (SSSR count). The Balaban J connectivity index is 0.000000287. The number of nitrogens with one attached hydrogen (secondary N) is 1. The summed E-state index contributed by atoms with van der Waals surface area (Å²) in [5, 5.41) is 13.1. The van der Waals surface area contributed by atoms with Crippen LogP contribution < -0.4 is 10.6 Å². The van der Waals surface area contributed by atoms with Crippen LogP contribution in [0.25, 0.3) is 46.1 Å². The first-order chi connectivity index (χ1) is 41.4. The molecule has 0 radical (unpaired) electrons. The standard InChI is InChI=1S/C29H24N2O2S4.2C24H50/c1-4-5-6-7-19(34)26-15-10-18-16(11-17(15)30-28(26)32)27(29(33)31-18)21-9-8-20(35-21)23-13-25-24(37-23)12-22(36-25)14(2)3;2*1-4-6-8-10-12-14-15-17-19-21-23-24(3)22-20-18-16-13-11-9-7-5-2/h5-14,31,33-34H,4H2,1-3H3;2*24H,4-23H2,1-3H3/b6-5+,19-7-;;. The molecule has 478 valence electrons. The van der Waals surface area contributed by atoms with Gasteiger partial charge in [-0.05, 0) is 66.6 Å². The van der Waals surface area contributed by atoms with Crippen molar-refractivity contribution in [3.8, 4) is 26.1 Å². The summed E-state index contributed by atoms with van der Waals surface area (Å²) < 4.78 is 2.65. The van der Waals surface area contributed by atoms with Crippen molar-refractivity contribution in [2.24, 2.45) is 16.8 Å². The fourth-order valence-corrected chi connectivity index (χ4v) is 15.9. The van der Waals surface area contributed by atoms with E-state index in [1.54, 1.807) is 11.3 Å². The van der Waals surface area contributed by atoms with Crippen LogP contribution in [0.2, 0.25) is 0 Å². The van der Waals surface area contributed by atoms with E-state index in [2.05, 4.69) is 109 Å². The lowest BCUT2D eigenvalue weighted by Gasteiger charge is -2.11. The highest BCUT2D eigenvalue weighted by Gasteiger charge is 2.23. The first-order valence-electron chi connectivity index (χ1n) is 35.7. The molecule has 1 aromatic carbocycles. The summed E-state index contributed by atoms with van der Waals surface area (Å²) >= 11 is 9.89. The van der Waals surface area contributed by atoms with Crippen LogP contribution in [0.15, 0.2) is 64.5 Å². The van der Waals surface area contributed by atoms with Crippen molar-refractivity contribution in [2.75, 3.05) is 0 Å². The van der Waals surface area contributed by atoms with Crippen molar-refractivity contribution in [2.45, 2.75) is 331 Å². The summed E-state index contributed by atoms with van der Waals surface area (Å²) in [6.07, 6.45) is 65.2. The third-order valence-corrected chi connectivity index (χ3v) is 21.8. The number of carbonyl (C=O) groups excluding carboxylic acids is 1. The van der Waals surface area contributed by atoms with Gasteiger partial charge < -0.3 is 10.1 Å². The number of carbonyl (C=O) groups is 1. The van der Waals surface area contributed by atoms with Gasteiger partial charge in [0.15, 0.2) is 5.88 Å². The van der Waals surface area contributed by atoms with Gasteiger partial charge >= 0.3 is 0 Å². The summed E-state index contributed by atoms with van der Waals surface area (Å²) in [7, 11) is 0. The number of aromatic nitrogens is 1. The fourth-order valence-electron chi connectivity index (χ4n) is 12.0. The van der Waals surface area contributed by atoms with Crippen molar-refractivity contribution < 1.29 is 9.90 Å². The smallest absolute Gasteiger partial charge is 0.279 e. The molecule has 2 atom stereocenters. The molecule has 2 unspecified atom stereocenters. The first kappa shape index (κ1) is 74.6. The number of allylic oxidation sites excluding steroid dienone is 3. The van der Waals surface area contributed by atoms with Crippen LogP contribution >= 0.6 is 46.6 Å². The third-order valence-electron chi connectivity index (χ3n) is 17.6. The Bertz CT molecular complexity index is 2630. The van der Waals surface area contributed by atoms with Crippen LogP contribution in [0, 0.1) is 11.8 Å². The number of hydrogen-bond acceptors (Lipinski definition) is 6. The zero-order valence-corrected chi connectivity index (χ0v) is 59.2. The second-order valence-electron chi connectivity index (χ2n) is 25.9. The maximum absolute atomic E-state index is 12.7. The lowest BCUT2D eigenvalue weighted by molar-refractivity contribution is -0.112. The van der Waals surface area contributed by atoms with Gasteiger partial charge in [-0.15, -0.1) is 46.6 Å². The summed E-state index contributed by atoms with van der Waals surface area (Å²) in [6, 6.07) is 12.5.